The summed E-state index contributed by atoms with van der Waals surface area (Å²) in [5.74, 6) is 0.853. The van der Waals surface area contributed by atoms with Gasteiger partial charge in [0.2, 0.25) is 5.82 Å². The highest BCUT2D eigenvalue weighted by Crippen LogP contribution is 2.10. The minimum Gasteiger partial charge on any atom is -0.449 e. The molecular formula is C21H25N7O3. The van der Waals surface area contributed by atoms with Crippen LogP contribution in [0.2, 0.25) is 0 Å². The Balaban J connectivity index is 1.63. The lowest BCUT2D eigenvalue weighted by Gasteiger charge is -2.08. The van der Waals surface area contributed by atoms with E-state index < -0.39 is 6.09 Å². The number of carbonyl (C=O) groups excluding carboxylic acids is 1. The molecule has 3 rings (SSSR count). The molecule has 1 N–H and O–H groups in total. The van der Waals surface area contributed by atoms with Crippen LogP contribution < -0.4 is 5.32 Å². The van der Waals surface area contributed by atoms with Gasteiger partial charge in [0.05, 0.1) is 12.3 Å². The van der Waals surface area contributed by atoms with Gasteiger partial charge >= 0.3 is 6.09 Å². The Morgan fingerprint density at radius 2 is 1.97 bits per heavy atom. The predicted octanol–water partition coefficient (Wildman–Crippen LogP) is 3.31. The molecule has 3 aromatic rings. The number of rotatable bonds is 10. The maximum absolute atomic E-state index is 11.9. The van der Waals surface area contributed by atoms with E-state index in [0.717, 1.165) is 24.8 Å². The first-order valence-corrected chi connectivity index (χ1v) is 10.0. The normalized spacial score (nSPS) is 11.2. The summed E-state index contributed by atoms with van der Waals surface area (Å²) in [5, 5.41) is 18.4. The van der Waals surface area contributed by atoms with Crippen LogP contribution >= 0.6 is 0 Å². The molecular weight excluding hydrogens is 398 g/mol. The van der Waals surface area contributed by atoms with Gasteiger partial charge in [-0.25, -0.2) is 14.5 Å². The molecule has 1 amide bonds. The molecule has 2 heterocycles. The Bertz CT molecular complexity index is 1000. The Morgan fingerprint density at radius 1 is 1.13 bits per heavy atom. The standard InChI is InChI=1S/C21H25N7O3/c1-3-4-8-14-30-21(29)23-18-13-9-12-17(22-18)15-31-25-19(16-10-6-5-7-11-16)20-24-26-27-28(20)2/h5-7,9-13H,3-4,8,14-15H2,1-2H3,(H,22,23,29)/b25-19-. The van der Waals surface area contributed by atoms with E-state index in [0.29, 0.717) is 29.7 Å². The van der Waals surface area contributed by atoms with E-state index in [1.54, 1.807) is 25.2 Å². The Hall–Kier alpha value is -3.82. The SMILES string of the molecule is CCCCCOC(=O)Nc1cccc(CO/N=C(/c2ccccc2)c2nnnn2C)n1. The second-order valence-corrected chi connectivity index (χ2v) is 6.69. The topological polar surface area (TPSA) is 116 Å². The summed E-state index contributed by atoms with van der Waals surface area (Å²) in [6.45, 7) is 2.58. The van der Waals surface area contributed by atoms with E-state index in [9.17, 15) is 4.79 Å². The van der Waals surface area contributed by atoms with Crippen LogP contribution in [0.15, 0.2) is 53.7 Å². The van der Waals surface area contributed by atoms with Gasteiger partial charge in [-0.15, -0.1) is 5.10 Å². The fourth-order valence-electron chi connectivity index (χ4n) is 2.70. The number of pyridine rings is 1. The number of oxime groups is 1. The smallest absolute Gasteiger partial charge is 0.412 e. The highest BCUT2D eigenvalue weighted by Gasteiger charge is 2.15. The molecule has 0 saturated heterocycles. The van der Waals surface area contributed by atoms with E-state index in [1.165, 1.54) is 4.68 Å². The van der Waals surface area contributed by atoms with E-state index in [1.807, 2.05) is 30.3 Å². The molecule has 0 aliphatic rings. The molecule has 0 aliphatic heterocycles. The molecule has 0 unspecified atom stereocenters. The van der Waals surface area contributed by atoms with Crippen molar-refractivity contribution in [1.29, 1.82) is 0 Å². The number of ether oxygens (including phenoxy) is 1. The number of benzene rings is 1. The number of amides is 1. The largest absolute Gasteiger partial charge is 0.449 e. The van der Waals surface area contributed by atoms with Gasteiger partial charge in [-0.2, -0.15) is 0 Å². The van der Waals surface area contributed by atoms with E-state index in [-0.39, 0.29) is 6.61 Å². The fourth-order valence-corrected chi connectivity index (χ4v) is 2.70. The first kappa shape index (κ1) is 21.9. The van der Waals surface area contributed by atoms with Gasteiger partial charge in [-0.05, 0) is 29.0 Å². The molecule has 162 valence electrons. The van der Waals surface area contributed by atoms with Crippen LogP contribution in [-0.4, -0.2) is 43.6 Å². The summed E-state index contributed by atoms with van der Waals surface area (Å²) >= 11 is 0. The van der Waals surface area contributed by atoms with Crippen LogP contribution in [0.1, 0.15) is 43.3 Å². The second-order valence-electron chi connectivity index (χ2n) is 6.69. The maximum atomic E-state index is 11.9. The first-order valence-electron chi connectivity index (χ1n) is 10.0. The van der Waals surface area contributed by atoms with Crippen molar-refractivity contribution in [3.05, 3.63) is 65.6 Å². The molecule has 0 saturated carbocycles. The summed E-state index contributed by atoms with van der Waals surface area (Å²) in [5.41, 5.74) is 1.91. The molecule has 2 aromatic heterocycles. The number of hydrogen-bond acceptors (Lipinski definition) is 8. The number of tetrazole rings is 1. The van der Waals surface area contributed by atoms with E-state index >= 15 is 0 Å². The van der Waals surface area contributed by atoms with E-state index in [2.05, 4.69) is 37.9 Å². The molecule has 0 fully saturated rings. The molecule has 10 nitrogen and oxygen atoms in total. The fraction of sp³-hybridized carbons (Fsp3) is 0.333. The third-order valence-corrected chi connectivity index (χ3v) is 4.27. The van der Waals surface area contributed by atoms with Crippen LogP contribution in [0, 0.1) is 0 Å². The van der Waals surface area contributed by atoms with Crippen LogP contribution in [-0.2, 0) is 23.2 Å². The quantitative estimate of drug-likeness (QED) is 0.302. The summed E-state index contributed by atoms with van der Waals surface area (Å²) in [7, 11) is 1.73. The number of unbranched alkanes of at least 4 members (excludes halogenated alkanes) is 2. The van der Waals surface area contributed by atoms with Gasteiger partial charge in [0.15, 0.2) is 12.3 Å². The minimum absolute atomic E-state index is 0.0999. The average molecular weight is 423 g/mol. The number of hydrogen-bond donors (Lipinski definition) is 1. The Labute approximate surface area is 180 Å². The summed E-state index contributed by atoms with van der Waals surface area (Å²) in [6.07, 6.45) is 2.40. The molecule has 0 radical (unpaired) electrons. The molecule has 0 bridgehead atoms. The van der Waals surface area contributed by atoms with Crippen molar-refractivity contribution in [3.63, 3.8) is 0 Å². The highest BCUT2D eigenvalue weighted by atomic mass is 16.6. The minimum atomic E-state index is -0.527. The van der Waals surface area contributed by atoms with Crippen molar-refractivity contribution in [2.45, 2.75) is 32.8 Å². The molecule has 0 atom stereocenters. The van der Waals surface area contributed by atoms with Gasteiger partial charge in [0.1, 0.15) is 5.82 Å². The van der Waals surface area contributed by atoms with Crippen molar-refractivity contribution in [3.8, 4) is 0 Å². The van der Waals surface area contributed by atoms with Gasteiger partial charge < -0.3 is 9.57 Å². The van der Waals surface area contributed by atoms with Crippen molar-refractivity contribution >= 4 is 17.6 Å². The van der Waals surface area contributed by atoms with Gasteiger partial charge in [-0.3, -0.25) is 5.32 Å². The maximum Gasteiger partial charge on any atom is 0.412 e. The van der Waals surface area contributed by atoms with Gasteiger partial charge in [-0.1, -0.05) is 61.3 Å². The zero-order valence-electron chi connectivity index (χ0n) is 17.6. The zero-order valence-corrected chi connectivity index (χ0v) is 17.6. The average Bonchev–Trinajstić information content (AvgIpc) is 3.21. The monoisotopic (exact) mass is 423 g/mol. The van der Waals surface area contributed by atoms with Crippen molar-refractivity contribution in [2.24, 2.45) is 12.2 Å². The second kappa shape index (κ2) is 11.4. The lowest BCUT2D eigenvalue weighted by atomic mass is 10.1. The Kier molecular flexibility index (Phi) is 8.04. The van der Waals surface area contributed by atoms with Crippen LogP contribution in [0.4, 0.5) is 10.6 Å². The number of aryl methyl sites for hydroxylation is 1. The first-order chi connectivity index (χ1) is 15.2. The predicted molar refractivity (Wildman–Crippen MR) is 114 cm³/mol. The number of nitrogens with one attached hydrogen (secondary N) is 1. The summed E-state index contributed by atoms with van der Waals surface area (Å²) < 4.78 is 6.66. The molecule has 0 spiro atoms. The van der Waals surface area contributed by atoms with Gasteiger partial charge in [0, 0.05) is 12.6 Å². The lowest BCUT2D eigenvalue weighted by Crippen LogP contribution is -2.15. The summed E-state index contributed by atoms with van der Waals surface area (Å²) in [4.78, 5) is 21.8. The Morgan fingerprint density at radius 3 is 2.71 bits per heavy atom. The molecule has 31 heavy (non-hydrogen) atoms. The third-order valence-electron chi connectivity index (χ3n) is 4.27. The number of carbonyl (C=O) groups is 1. The lowest BCUT2D eigenvalue weighted by molar-refractivity contribution is 0.128. The molecule has 1 aromatic carbocycles. The zero-order chi connectivity index (χ0) is 21.9. The highest BCUT2D eigenvalue weighted by molar-refractivity contribution is 6.10. The van der Waals surface area contributed by atoms with Crippen molar-refractivity contribution < 1.29 is 14.4 Å². The van der Waals surface area contributed by atoms with Crippen LogP contribution in [0.25, 0.3) is 0 Å². The number of anilines is 1. The number of aromatic nitrogens is 5. The van der Waals surface area contributed by atoms with Crippen molar-refractivity contribution in [1.82, 2.24) is 25.2 Å². The van der Waals surface area contributed by atoms with Crippen LogP contribution in [0.3, 0.4) is 0 Å². The van der Waals surface area contributed by atoms with Crippen molar-refractivity contribution in [2.75, 3.05) is 11.9 Å². The number of nitrogens with zero attached hydrogens (tertiary/aromatic N) is 6. The summed E-state index contributed by atoms with van der Waals surface area (Å²) in [6, 6.07) is 14.7. The van der Waals surface area contributed by atoms with Crippen LogP contribution in [0.5, 0.6) is 0 Å². The molecule has 0 aliphatic carbocycles. The third kappa shape index (κ3) is 6.59. The van der Waals surface area contributed by atoms with Gasteiger partial charge in [0.25, 0.3) is 0 Å². The van der Waals surface area contributed by atoms with E-state index in [4.69, 9.17) is 9.57 Å². The molecule has 10 heteroatoms.